The summed E-state index contributed by atoms with van der Waals surface area (Å²) >= 11 is 0. The van der Waals surface area contributed by atoms with Crippen LogP contribution < -0.4 is 5.32 Å². The minimum absolute atomic E-state index is 0.103. The predicted octanol–water partition coefficient (Wildman–Crippen LogP) is 1.48. The quantitative estimate of drug-likeness (QED) is 0.658. The van der Waals surface area contributed by atoms with Crippen LogP contribution in [0.4, 0.5) is 10.1 Å². The molecule has 1 amide bonds. The molecule has 1 atom stereocenters. The fourth-order valence-corrected chi connectivity index (χ4v) is 2.30. The van der Waals surface area contributed by atoms with Crippen molar-refractivity contribution in [3.8, 4) is 0 Å². The third kappa shape index (κ3) is 2.77. The molecule has 1 unspecified atom stereocenters. The van der Waals surface area contributed by atoms with Gasteiger partial charge in [-0.25, -0.2) is 4.39 Å². The van der Waals surface area contributed by atoms with Gasteiger partial charge in [-0.15, -0.1) is 0 Å². The fraction of sp³-hybridized carbons (Fsp3) is 0.462. The lowest BCUT2D eigenvalue weighted by Gasteiger charge is -2.32. The molecular formula is C13H16FN3O3. The van der Waals surface area contributed by atoms with E-state index in [1.54, 1.807) is 0 Å². The molecule has 20 heavy (non-hydrogen) atoms. The minimum Gasteiger partial charge on any atom is -0.336 e. The van der Waals surface area contributed by atoms with Gasteiger partial charge in [-0.2, -0.15) is 0 Å². The Morgan fingerprint density at radius 3 is 2.85 bits per heavy atom. The Labute approximate surface area is 115 Å². The van der Waals surface area contributed by atoms with E-state index in [2.05, 4.69) is 5.32 Å². The summed E-state index contributed by atoms with van der Waals surface area (Å²) in [5.74, 6) is -1.19. The zero-order valence-corrected chi connectivity index (χ0v) is 11.4. The molecule has 1 fully saturated rings. The zero-order valence-electron chi connectivity index (χ0n) is 11.4. The molecule has 0 aliphatic carbocycles. The SMILES string of the molecule is Cc1cc([N+](=O)[O-])cc(C(=O)N2CCNC(C)C2)c1F. The van der Waals surface area contributed by atoms with Gasteiger partial charge in [-0.05, 0) is 19.4 Å². The zero-order chi connectivity index (χ0) is 14.9. The van der Waals surface area contributed by atoms with Crippen LogP contribution in [-0.2, 0) is 0 Å². The van der Waals surface area contributed by atoms with Gasteiger partial charge < -0.3 is 10.2 Å². The van der Waals surface area contributed by atoms with Crippen molar-refractivity contribution in [1.29, 1.82) is 0 Å². The van der Waals surface area contributed by atoms with Crippen LogP contribution in [0.15, 0.2) is 12.1 Å². The molecule has 7 heteroatoms. The number of amides is 1. The highest BCUT2D eigenvalue weighted by Crippen LogP contribution is 2.22. The van der Waals surface area contributed by atoms with Gasteiger partial charge in [0.25, 0.3) is 11.6 Å². The second-order valence-electron chi connectivity index (χ2n) is 4.99. The van der Waals surface area contributed by atoms with E-state index in [9.17, 15) is 19.3 Å². The highest BCUT2D eigenvalue weighted by atomic mass is 19.1. The first kappa shape index (κ1) is 14.4. The van der Waals surface area contributed by atoms with Crippen LogP contribution in [0.25, 0.3) is 0 Å². The number of carbonyl (C=O) groups is 1. The van der Waals surface area contributed by atoms with Crippen molar-refractivity contribution in [3.63, 3.8) is 0 Å². The number of rotatable bonds is 2. The van der Waals surface area contributed by atoms with Gasteiger partial charge in [-0.1, -0.05) is 0 Å². The molecule has 0 radical (unpaired) electrons. The standard InChI is InChI=1S/C13H16FN3O3/c1-8-5-10(17(19)20)6-11(12(8)14)13(18)16-4-3-15-9(2)7-16/h5-6,9,15H,3-4,7H2,1-2H3. The number of halogens is 1. The maximum atomic E-state index is 14.1. The molecule has 1 aromatic rings. The summed E-state index contributed by atoms with van der Waals surface area (Å²) < 4.78 is 14.1. The number of carbonyl (C=O) groups excluding carboxylic acids is 1. The largest absolute Gasteiger partial charge is 0.336 e. The van der Waals surface area contributed by atoms with Crippen LogP contribution in [0.3, 0.4) is 0 Å². The van der Waals surface area contributed by atoms with E-state index in [1.807, 2.05) is 6.92 Å². The molecule has 1 heterocycles. The minimum atomic E-state index is -0.688. The van der Waals surface area contributed by atoms with Crippen LogP contribution in [0.1, 0.15) is 22.8 Å². The van der Waals surface area contributed by atoms with Crippen LogP contribution >= 0.6 is 0 Å². The first-order chi connectivity index (χ1) is 9.40. The van der Waals surface area contributed by atoms with Crippen molar-refractivity contribution < 1.29 is 14.1 Å². The Balaban J connectivity index is 2.35. The van der Waals surface area contributed by atoms with Gasteiger partial charge in [0, 0.05) is 37.8 Å². The van der Waals surface area contributed by atoms with Gasteiger partial charge in [0.05, 0.1) is 10.5 Å². The molecule has 0 spiro atoms. The fourth-order valence-electron chi connectivity index (χ4n) is 2.30. The summed E-state index contributed by atoms with van der Waals surface area (Å²) in [7, 11) is 0. The maximum absolute atomic E-state index is 14.1. The molecule has 1 saturated heterocycles. The molecule has 0 bridgehead atoms. The third-order valence-electron chi connectivity index (χ3n) is 3.34. The smallest absolute Gasteiger partial charge is 0.270 e. The highest BCUT2D eigenvalue weighted by molar-refractivity contribution is 5.95. The summed E-state index contributed by atoms with van der Waals surface area (Å²) in [6, 6.07) is 2.26. The van der Waals surface area contributed by atoms with E-state index in [-0.39, 0.29) is 22.9 Å². The predicted molar refractivity (Wildman–Crippen MR) is 71.2 cm³/mol. The van der Waals surface area contributed by atoms with Gasteiger partial charge in [-0.3, -0.25) is 14.9 Å². The molecule has 1 N–H and O–H groups in total. The molecule has 0 aromatic heterocycles. The van der Waals surface area contributed by atoms with Gasteiger partial charge in [0.2, 0.25) is 0 Å². The van der Waals surface area contributed by atoms with E-state index in [1.165, 1.54) is 11.8 Å². The van der Waals surface area contributed by atoms with E-state index in [4.69, 9.17) is 0 Å². The van der Waals surface area contributed by atoms with E-state index < -0.39 is 16.6 Å². The number of hydrogen-bond acceptors (Lipinski definition) is 4. The lowest BCUT2D eigenvalue weighted by atomic mass is 10.1. The van der Waals surface area contributed by atoms with Crippen LogP contribution in [0.5, 0.6) is 0 Å². The monoisotopic (exact) mass is 281 g/mol. The van der Waals surface area contributed by atoms with Crippen molar-refractivity contribution in [3.05, 3.63) is 39.2 Å². The number of nitro benzene ring substituents is 1. The summed E-state index contributed by atoms with van der Waals surface area (Å²) in [5.41, 5.74) is -0.396. The van der Waals surface area contributed by atoms with Crippen LogP contribution in [0.2, 0.25) is 0 Å². The molecule has 1 aliphatic heterocycles. The topological polar surface area (TPSA) is 75.5 Å². The summed E-state index contributed by atoms with van der Waals surface area (Å²) in [5, 5.41) is 14.0. The molecule has 1 aliphatic rings. The molecule has 2 rings (SSSR count). The van der Waals surface area contributed by atoms with E-state index >= 15 is 0 Å². The first-order valence-electron chi connectivity index (χ1n) is 6.37. The number of aryl methyl sites for hydroxylation is 1. The Morgan fingerprint density at radius 1 is 1.55 bits per heavy atom. The first-order valence-corrected chi connectivity index (χ1v) is 6.37. The van der Waals surface area contributed by atoms with Crippen molar-refractivity contribution in [2.45, 2.75) is 19.9 Å². The Bertz CT molecular complexity index is 562. The average Bonchev–Trinajstić information content (AvgIpc) is 2.40. The van der Waals surface area contributed by atoms with Crippen LogP contribution in [0, 0.1) is 22.9 Å². The maximum Gasteiger partial charge on any atom is 0.270 e. The average molecular weight is 281 g/mol. The van der Waals surface area contributed by atoms with E-state index in [0.717, 1.165) is 12.1 Å². The van der Waals surface area contributed by atoms with Crippen LogP contribution in [-0.4, -0.2) is 41.4 Å². The van der Waals surface area contributed by atoms with Crippen molar-refractivity contribution in [1.82, 2.24) is 10.2 Å². The van der Waals surface area contributed by atoms with E-state index in [0.29, 0.717) is 19.6 Å². The third-order valence-corrected chi connectivity index (χ3v) is 3.34. The Morgan fingerprint density at radius 2 is 2.25 bits per heavy atom. The number of nitro groups is 1. The van der Waals surface area contributed by atoms with Crippen molar-refractivity contribution in [2.75, 3.05) is 19.6 Å². The second-order valence-corrected chi connectivity index (χ2v) is 4.99. The van der Waals surface area contributed by atoms with Crippen molar-refractivity contribution in [2.24, 2.45) is 0 Å². The lowest BCUT2D eigenvalue weighted by Crippen LogP contribution is -2.51. The number of piperazine rings is 1. The molecule has 0 saturated carbocycles. The number of hydrogen-bond donors (Lipinski definition) is 1. The summed E-state index contributed by atoms with van der Waals surface area (Å²) in [6.07, 6.45) is 0. The molecule has 1 aromatic carbocycles. The van der Waals surface area contributed by atoms with Crippen molar-refractivity contribution >= 4 is 11.6 Å². The molecular weight excluding hydrogens is 265 g/mol. The highest BCUT2D eigenvalue weighted by Gasteiger charge is 2.26. The number of nitrogens with one attached hydrogen (secondary N) is 1. The Kier molecular flexibility index (Phi) is 3.99. The van der Waals surface area contributed by atoms with Gasteiger partial charge in [0.1, 0.15) is 5.82 Å². The molecule has 108 valence electrons. The number of nitrogens with zero attached hydrogens (tertiary/aromatic N) is 2. The summed E-state index contributed by atoms with van der Waals surface area (Å²) in [6.45, 7) is 4.89. The second kappa shape index (κ2) is 5.54. The summed E-state index contributed by atoms with van der Waals surface area (Å²) in [4.78, 5) is 24.0. The number of benzene rings is 1. The molecule has 6 nitrogen and oxygen atoms in total. The number of non-ortho nitro benzene ring substituents is 1. The normalized spacial score (nSPS) is 18.9. The van der Waals surface area contributed by atoms with Gasteiger partial charge >= 0.3 is 0 Å². The van der Waals surface area contributed by atoms with Gasteiger partial charge in [0.15, 0.2) is 0 Å². The Hall–Kier alpha value is -2.02. The lowest BCUT2D eigenvalue weighted by molar-refractivity contribution is -0.385.